The summed E-state index contributed by atoms with van der Waals surface area (Å²) in [4.78, 5) is 12.3. The van der Waals surface area contributed by atoms with Gasteiger partial charge in [0.05, 0.1) is 23.7 Å². The molecule has 5 heteroatoms. The molecule has 1 aliphatic rings. The molecule has 0 heterocycles. The van der Waals surface area contributed by atoms with Crippen molar-refractivity contribution in [1.29, 1.82) is 0 Å². The molecule has 4 nitrogen and oxygen atoms in total. The first-order valence-electron chi connectivity index (χ1n) is 7.50. The van der Waals surface area contributed by atoms with Crippen molar-refractivity contribution < 1.29 is 9.53 Å². The number of nitrogens with two attached hydrogens (primary N) is 1. The van der Waals surface area contributed by atoms with E-state index in [2.05, 4.69) is 5.32 Å². The molecule has 0 aliphatic heterocycles. The van der Waals surface area contributed by atoms with Gasteiger partial charge in [0.1, 0.15) is 5.75 Å². The summed E-state index contributed by atoms with van der Waals surface area (Å²) in [7, 11) is 1.59. The largest absolute Gasteiger partial charge is 0.497 e. The number of carbonyl (C=O) groups excluding carboxylic acids is 1. The molecule has 1 aromatic carbocycles. The molecule has 116 valence electrons. The first kappa shape index (κ1) is 16.0. The third-order valence-corrected chi connectivity index (χ3v) is 5.31. The van der Waals surface area contributed by atoms with Crippen LogP contribution >= 0.6 is 11.8 Å². The maximum absolute atomic E-state index is 12.3. The molecule has 0 radical (unpaired) electrons. The fraction of sp³-hybridized carbons (Fsp3) is 0.562. The third-order valence-electron chi connectivity index (χ3n) is 3.83. The zero-order valence-corrected chi connectivity index (χ0v) is 13.5. The topological polar surface area (TPSA) is 64.3 Å². The predicted molar refractivity (Wildman–Crippen MR) is 90.0 cm³/mol. The summed E-state index contributed by atoms with van der Waals surface area (Å²) >= 11 is 1.78. The van der Waals surface area contributed by atoms with Crippen molar-refractivity contribution in [3.63, 3.8) is 0 Å². The van der Waals surface area contributed by atoms with Crippen molar-refractivity contribution >= 4 is 29.0 Å². The van der Waals surface area contributed by atoms with Crippen molar-refractivity contribution in [3.05, 3.63) is 18.2 Å². The van der Waals surface area contributed by atoms with Crippen molar-refractivity contribution in [3.8, 4) is 5.75 Å². The van der Waals surface area contributed by atoms with Crippen LogP contribution in [0.4, 0.5) is 11.4 Å². The zero-order chi connectivity index (χ0) is 15.2. The molecule has 0 saturated heterocycles. The number of nitrogens with one attached hydrogen (secondary N) is 1. The van der Waals surface area contributed by atoms with Gasteiger partial charge in [-0.15, -0.1) is 11.8 Å². The van der Waals surface area contributed by atoms with Crippen molar-refractivity contribution in [1.82, 2.24) is 0 Å². The molecule has 21 heavy (non-hydrogen) atoms. The summed E-state index contributed by atoms with van der Waals surface area (Å²) in [6, 6.07) is 5.30. The van der Waals surface area contributed by atoms with Crippen LogP contribution < -0.4 is 15.8 Å². The van der Waals surface area contributed by atoms with Gasteiger partial charge < -0.3 is 15.8 Å². The van der Waals surface area contributed by atoms with E-state index in [9.17, 15) is 4.79 Å². The molecule has 1 saturated carbocycles. The zero-order valence-electron chi connectivity index (χ0n) is 12.7. The normalized spacial score (nSPS) is 17.2. The Labute approximate surface area is 130 Å². The number of amides is 1. The van der Waals surface area contributed by atoms with Crippen LogP contribution in [0.15, 0.2) is 18.2 Å². The molecule has 1 atom stereocenters. The maximum Gasteiger partial charge on any atom is 0.237 e. The molecule has 0 bridgehead atoms. The predicted octanol–water partition coefficient (Wildman–Crippen LogP) is 3.67. The highest BCUT2D eigenvalue weighted by atomic mass is 32.2. The summed E-state index contributed by atoms with van der Waals surface area (Å²) in [6.07, 6.45) is 6.37. The number of hydrogen-bond acceptors (Lipinski definition) is 4. The van der Waals surface area contributed by atoms with Gasteiger partial charge in [-0.2, -0.15) is 0 Å². The number of rotatable bonds is 5. The van der Waals surface area contributed by atoms with E-state index in [1.165, 1.54) is 32.1 Å². The lowest BCUT2D eigenvalue weighted by Crippen LogP contribution is -2.25. The fourth-order valence-electron chi connectivity index (χ4n) is 2.57. The molecule has 3 N–H and O–H groups in total. The quantitative estimate of drug-likeness (QED) is 0.815. The molecule has 1 amide bonds. The van der Waals surface area contributed by atoms with Gasteiger partial charge in [0.25, 0.3) is 0 Å². The van der Waals surface area contributed by atoms with E-state index in [4.69, 9.17) is 10.5 Å². The molecule has 1 unspecified atom stereocenters. The molecular weight excluding hydrogens is 284 g/mol. The van der Waals surface area contributed by atoms with E-state index in [1.807, 2.05) is 6.92 Å². The number of anilines is 2. The van der Waals surface area contributed by atoms with Gasteiger partial charge in [-0.3, -0.25) is 4.79 Å². The molecule has 0 aromatic heterocycles. The average molecular weight is 308 g/mol. The van der Waals surface area contributed by atoms with Crippen molar-refractivity contribution in [2.45, 2.75) is 49.5 Å². The van der Waals surface area contributed by atoms with Crippen LogP contribution in [-0.4, -0.2) is 23.5 Å². The second-order valence-electron chi connectivity index (χ2n) is 5.48. The minimum atomic E-state index is -0.0606. The fourth-order valence-corrected chi connectivity index (χ4v) is 3.93. The number of thioether (sulfide) groups is 1. The van der Waals surface area contributed by atoms with Crippen LogP contribution in [0, 0.1) is 0 Å². The Balaban J connectivity index is 1.90. The molecule has 1 fully saturated rings. The van der Waals surface area contributed by atoms with Gasteiger partial charge >= 0.3 is 0 Å². The lowest BCUT2D eigenvalue weighted by molar-refractivity contribution is -0.115. The van der Waals surface area contributed by atoms with E-state index in [1.54, 1.807) is 37.1 Å². The van der Waals surface area contributed by atoms with Gasteiger partial charge in [0, 0.05) is 11.3 Å². The van der Waals surface area contributed by atoms with Gasteiger partial charge in [-0.25, -0.2) is 0 Å². The Morgan fingerprint density at radius 3 is 2.71 bits per heavy atom. The monoisotopic (exact) mass is 308 g/mol. The van der Waals surface area contributed by atoms with Crippen LogP contribution in [0.25, 0.3) is 0 Å². The molecule has 1 aliphatic carbocycles. The first-order valence-corrected chi connectivity index (χ1v) is 8.44. The molecule has 1 aromatic rings. The Hall–Kier alpha value is -1.36. The van der Waals surface area contributed by atoms with Crippen LogP contribution in [0.5, 0.6) is 5.75 Å². The summed E-state index contributed by atoms with van der Waals surface area (Å²) in [5, 5.41) is 3.47. The lowest BCUT2D eigenvalue weighted by Gasteiger charge is -2.24. The SMILES string of the molecule is COc1ccc(NC(=O)C(C)SC2CCCCC2)c(N)c1. The highest BCUT2D eigenvalue weighted by Crippen LogP contribution is 2.32. The number of hydrogen-bond donors (Lipinski definition) is 2. The number of carbonyl (C=O) groups is 1. The first-order chi connectivity index (χ1) is 10.1. The highest BCUT2D eigenvalue weighted by molar-refractivity contribution is 8.01. The third kappa shape index (κ3) is 4.56. The second-order valence-corrected chi connectivity index (χ2v) is 7.13. The minimum Gasteiger partial charge on any atom is -0.497 e. The van der Waals surface area contributed by atoms with Crippen molar-refractivity contribution in [2.75, 3.05) is 18.2 Å². The second kappa shape index (κ2) is 7.59. The molecule has 2 rings (SSSR count). The van der Waals surface area contributed by atoms with Crippen molar-refractivity contribution in [2.24, 2.45) is 0 Å². The van der Waals surface area contributed by atoms with Gasteiger partial charge in [-0.1, -0.05) is 19.3 Å². The van der Waals surface area contributed by atoms with E-state index >= 15 is 0 Å². The summed E-state index contributed by atoms with van der Waals surface area (Å²) in [6.45, 7) is 1.97. The molecule has 0 spiro atoms. The minimum absolute atomic E-state index is 0.0161. The smallest absolute Gasteiger partial charge is 0.237 e. The number of ether oxygens (including phenoxy) is 1. The summed E-state index contributed by atoms with van der Waals surface area (Å²) in [5.74, 6) is 0.706. The average Bonchev–Trinajstić information content (AvgIpc) is 2.50. The standard InChI is InChI=1S/C16H24N2O2S/c1-11(21-13-6-4-3-5-7-13)16(19)18-15-9-8-12(20-2)10-14(15)17/h8-11,13H,3-7,17H2,1-2H3,(H,18,19). The van der Waals surface area contributed by atoms with Crippen LogP contribution in [-0.2, 0) is 4.79 Å². The Morgan fingerprint density at radius 1 is 1.38 bits per heavy atom. The summed E-state index contributed by atoms with van der Waals surface area (Å²) < 4.78 is 5.11. The van der Waals surface area contributed by atoms with Gasteiger partial charge in [0.15, 0.2) is 0 Å². The van der Waals surface area contributed by atoms with Crippen LogP contribution in [0.2, 0.25) is 0 Å². The van der Waals surface area contributed by atoms with E-state index in [-0.39, 0.29) is 11.2 Å². The van der Waals surface area contributed by atoms with Crippen LogP contribution in [0.1, 0.15) is 39.0 Å². The summed E-state index contributed by atoms with van der Waals surface area (Å²) in [5.41, 5.74) is 7.10. The Morgan fingerprint density at radius 2 is 2.10 bits per heavy atom. The Bertz CT molecular complexity index is 487. The number of methoxy groups -OCH3 is 1. The van der Waals surface area contributed by atoms with Gasteiger partial charge in [-0.05, 0) is 31.9 Å². The molecular formula is C16H24N2O2S. The van der Waals surface area contributed by atoms with Crippen LogP contribution in [0.3, 0.4) is 0 Å². The number of nitrogen functional groups attached to an aromatic ring is 1. The Kier molecular flexibility index (Phi) is 5.79. The maximum atomic E-state index is 12.3. The van der Waals surface area contributed by atoms with Gasteiger partial charge in [0.2, 0.25) is 5.91 Å². The van der Waals surface area contributed by atoms with E-state index in [0.29, 0.717) is 22.4 Å². The van der Waals surface area contributed by atoms with E-state index in [0.717, 1.165) is 0 Å². The lowest BCUT2D eigenvalue weighted by atomic mass is 10.0. The van der Waals surface area contributed by atoms with E-state index < -0.39 is 0 Å². The highest BCUT2D eigenvalue weighted by Gasteiger charge is 2.21. The number of benzene rings is 1.